The van der Waals surface area contributed by atoms with E-state index in [0.717, 1.165) is 14.0 Å². The van der Waals surface area contributed by atoms with Crippen LogP contribution in [0, 0.1) is 0 Å². The number of nitrogens with one attached hydrogen (secondary N) is 1. The third-order valence-corrected chi connectivity index (χ3v) is 4.40. The molecule has 0 aliphatic heterocycles. The second-order valence-corrected chi connectivity index (χ2v) is 6.97. The SMILES string of the molecule is NC1CC1NC(=O)c1cc(Br)sc1Br. The van der Waals surface area contributed by atoms with Crippen LogP contribution in [0.15, 0.2) is 13.6 Å². The molecule has 14 heavy (non-hydrogen) atoms. The van der Waals surface area contributed by atoms with E-state index in [1.165, 1.54) is 11.3 Å². The van der Waals surface area contributed by atoms with Gasteiger partial charge in [0, 0.05) is 12.1 Å². The summed E-state index contributed by atoms with van der Waals surface area (Å²) in [5.74, 6) is -0.0585. The summed E-state index contributed by atoms with van der Waals surface area (Å²) in [6.45, 7) is 0. The largest absolute Gasteiger partial charge is 0.348 e. The number of rotatable bonds is 2. The topological polar surface area (TPSA) is 55.1 Å². The molecule has 0 saturated heterocycles. The summed E-state index contributed by atoms with van der Waals surface area (Å²) in [7, 11) is 0. The third kappa shape index (κ3) is 2.18. The van der Waals surface area contributed by atoms with Gasteiger partial charge in [-0.15, -0.1) is 11.3 Å². The maximum absolute atomic E-state index is 11.7. The van der Waals surface area contributed by atoms with Crippen LogP contribution in [-0.2, 0) is 0 Å². The lowest BCUT2D eigenvalue weighted by atomic mass is 10.3. The van der Waals surface area contributed by atoms with Gasteiger partial charge in [-0.3, -0.25) is 4.79 Å². The molecule has 6 heteroatoms. The van der Waals surface area contributed by atoms with E-state index in [9.17, 15) is 4.79 Å². The van der Waals surface area contributed by atoms with Crippen molar-refractivity contribution in [3.8, 4) is 0 Å². The highest BCUT2D eigenvalue weighted by Crippen LogP contribution is 2.32. The van der Waals surface area contributed by atoms with Crippen molar-refractivity contribution in [2.45, 2.75) is 18.5 Å². The Morgan fingerprint density at radius 3 is 2.71 bits per heavy atom. The molecule has 76 valence electrons. The van der Waals surface area contributed by atoms with E-state index in [2.05, 4.69) is 37.2 Å². The van der Waals surface area contributed by atoms with Gasteiger partial charge in [0.15, 0.2) is 0 Å². The van der Waals surface area contributed by atoms with Crippen LogP contribution in [0.1, 0.15) is 16.8 Å². The fourth-order valence-corrected chi connectivity index (χ4v) is 3.92. The molecule has 0 aromatic carbocycles. The highest BCUT2D eigenvalue weighted by Gasteiger charge is 2.35. The smallest absolute Gasteiger partial charge is 0.253 e. The van der Waals surface area contributed by atoms with E-state index >= 15 is 0 Å². The van der Waals surface area contributed by atoms with Gasteiger partial charge in [0.25, 0.3) is 5.91 Å². The number of thiophene rings is 1. The quantitative estimate of drug-likeness (QED) is 0.867. The second-order valence-electron chi connectivity index (χ2n) is 3.22. The molecule has 0 spiro atoms. The van der Waals surface area contributed by atoms with E-state index in [1.807, 2.05) is 0 Å². The van der Waals surface area contributed by atoms with E-state index in [1.54, 1.807) is 6.07 Å². The van der Waals surface area contributed by atoms with E-state index < -0.39 is 0 Å². The zero-order valence-corrected chi connectivity index (χ0v) is 11.1. The Morgan fingerprint density at radius 1 is 1.64 bits per heavy atom. The molecule has 1 aliphatic rings. The molecule has 3 N–H and O–H groups in total. The molecule has 1 heterocycles. The maximum Gasteiger partial charge on any atom is 0.253 e. The Morgan fingerprint density at radius 2 is 2.29 bits per heavy atom. The first-order valence-corrected chi connectivity index (χ1v) is 6.49. The molecule has 1 amide bonds. The van der Waals surface area contributed by atoms with Gasteiger partial charge in [0.05, 0.1) is 13.1 Å². The predicted molar refractivity (Wildman–Crippen MR) is 63.6 cm³/mol. The van der Waals surface area contributed by atoms with Crippen LogP contribution in [0.5, 0.6) is 0 Å². The molecule has 1 fully saturated rings. The van der Waals surface area contributed by atoms with E-state index in [0.29, 0.717) is 5.56 Å². The molecule has 2 atom stereocenters. The van der Waals surface area contributed by atoms with Gasteiger partial charge in [-0.25, -0.2) is 0 Å². The monoisotopic (exact) mass is 338 g/mol. The van der Waals surface area contributed by atoms with Crippen LogP contribution in [0.4, 0.5) is 0 Å². The normalized spacial score (nSPS) is 24.8. The average Bonchev–Trinajstić information content (AvgIpc) is 2.64. The Bertz CT molecular complexity index is 379. The van der Waals surface area contributed by atoms with Crippen molar-refractivity contribution in [1.82, 2.24) is 5.32 Å². The van der Waals surface area contributed by atoms with Gasteiger partial charge in [-0.1, -0.05) is 0 Å². The number of carbonyl (C=O) groups is 1. The fourth-order valence-electron chi connectivity index (χ4n) is 1.12. The van der Waals surface area contributed by atoms with Gasteiger partial charge >= 0.3 is 0 Å². The summed E-state index contributed by atoms with van der Waals surface area (Å²) in [4.78, 5) is 11.7. The second kappa shape index (κ2) is 3.92. The van der Waals surface area contributed by atoms with Crippen LogP contribution in [-0.4, -0.2) is 18.0 Å². The lowest BCUT2D eigenvalue weighted by molar-refractivity contribution is 0.0950. The zero-order valence-electron chi connectivity index (χ0n) is 7.09. The van der Waals surface area contributed by atoms with Crippen molar-refractivity contribution in [2.24, 2.45) is 5.73 Å². The van der Waals surface area contributed by atoms with Crippen molar-refractivity contribution in [2.75, 3.05) is 0 Å². The minimum Gasteiger partial charge on any atom is -0.348 e. The summed E-state index contributed by atoms with van der Waals surface area (Å²) in [5, 5.41) is 2.87. The van der Waals surface area contributed by atoms with Crippen molar-refractivity contribution in [3.63, 3.8) is 0 Å². The lowest BCUT2D eigenvalue weighted by Gasteiger charge is -2.01. The summed E-state index contributed by atoms with van der Waals surface area (Å²) >= 11 is 8.16. The third-order valence-electron chi connectivity index (χ3n) is 2.06. The first-order valence-electron chi connectivity index (χ1n) is 4.09. The first-order chi connectivity index (χ1) is 6.58. The number of hydrogen-bond acceptors (Lipinski definition) is 3. The molecule has 3 nitrogen and oxygen atoms in total. The minimum absolute atomic E-state index is 0.0585. The van der Waals surface area contributed by atoms with Crippen molar-refractivity contribution < 1.29 is 4.79 Å². The summed E-state index contributed by atoms with van der Waals surface area (Å²) in [6, 6.07) is 2.10. The van der Waals surface area contributed by atoms with Gasteiger partial charge < -0.3 is 11.1 Å². The van der Waals surface area contributed by atoms with Gasteiger partial charge in [-0.2, -0.15) is 0 Å². The number of hydrogen-bond donors (Lipinski definition) is 2. The summed E-state index contributed by atoms with van der Waals surface area (Å²) < 4.78 is 1.78. The molecule has 1 saturated carbocycles. The van der Waals surface area contributed by atoms with Crippen molar-refractivity contribution >= 4 is 49.1 Å². The van der Waals surface area contributed by atoms with Gasteiger partial charge in [0.1, 0.15) is 0 Å². The Balaban J connectivity index is 2.07. The lowest BCUT2D eigenvalue weighted by Crippen LogP contribution is -2.29. The maximum atomic E-state index is 11.7. The fraction of sp³-hybridized carbons (Fsp3) is 0.375. The predicted octanol–water partition coefficient (Wildman–Crippen LogP) is 2.10. The zero-order chi connectivity index (χ0) is 10.3. The standard InChI is InChI=1S/C8H8Br2N2OS/c9-6-1-3(7(10)14-6)8(13)12-5-2-4(5)11/h1,4-5H,2,11H2,(H,12,13). The van der Waals surface area contributed by atoms with Crippen LogP contribution < -0.4 is 11.1 Å². The summed E-state index contributed by atoms with van der Waals surface area (Å²) in [6.07, 6.45) is 0.884. The number of amides is 1. The van der Waals surface area contributed by atoms with Crippen LogP contribution in [0.25, 0.3) is 0 Å². The highest BCUT2D eigenvalue weighted by atomic mass is 79.9. The molecule has 2 unspecified atom stereocenters. The van der Waals surface area contributed by atoms with E-state index in [-0.39, 0.29) is 18.0 Å². The number of nitrogens with two attached hydrogens (primary N) is 1. The molecule has 1 aliphatic carbocycles. The Hall–Kier alpha value is 0.0900. The van der Waals surface area contributed by atoms with Gasteiger partial charge in [-0.05, 0) is 44.3 Å². The molecule has 1 aromatic rings. The molecular weight excluding hydrogens is 332 g/mol. The van der Waals surface area contributed by atoms with Crippen molar-refractivity contribution in [3.05, 3.63) is 19.2 Å². The average molecular weight is 340 g/mol. The summed E-state index contributed by atoms with van der Waals surface area (Å²) in [5.41, 5.74) is 6.27. The number of carbonyl (C=O) groups excluding carboxylic acids is 1. The number of halogens is 2. The molecular formula is C8H8Br2N2OS. The van der Waals surface area contributed by atoms with Crippen LogP contribution in [0.3, 0.4) is 0 Å². The first kappa shape index (κ1) is 10.6. The van der Waals surface area contributed by atoms with E-state index in [4.69, 9.17) is 5.73 Å². The van der Waals surface area contributed by atoms with Gasteiger partial charge in [0.2, 0.25) is 0 Å². The Labute approximate surface area is 102 Å². The molecule has 0 radical (unpaired) electrons. The minimum atomic E-state index is -0.0585. The van der Waals surface area contributed by atoms with Crippen LogP contribution in [0.2, 0.25) is 0 Å². The molecule has 1 aromatic heterocycles. The molecule has 0 bridgehead atoms. The molecule has 2 rings (SSSR count). The van der Waals surface area contributed by atoms with Crippen LogP contribution >= 0.6 is 43.2 Å². The highest BCUT2D eigenvalue weighted by molar-refractivity contribution is 9.12. The van der Waals surface area contributed by atoms with Crippen molar-refractivity contribution in [1.29, 1.82) is 0 Å². The Kier molecular flexibility index (Phi) is 2.97.